The molecule has 0 heterocycles. The summed E-state index contributed by atoms with van der Waals surface area (Å²) in [6.45, 7) is 0. The van der Waals surface area contributed by atoms with Gasteiger partial charge < -0.3 is 9.47 Å². The minimum atomic E-state index is 0.900. The van der Waals surface area contributed by atoms with Gasteiger partial charge >= 0.3 is 0 Å². The van der Waals surface area contributed by atoms with Gasteiger partial charge in [-0.05, 0) is 82.1 Å². The summed E-state index contributed by atoms with van der Waals surface area (Å²) < 4.78 is 10.8. The minimum Gasteiger partial charge on any atom is -0.497 e. The van der Waals surface area contributed by atoms with Gasteiger partial charge in [0.05, 0.1) is 14.2 Å². The molecule has 0 spiro atoms. The number of ether oxygens (including phenoxy) is 2. The van der Waals surface area contributed by atoms with Crippen LogP contribution in [0.4, 0.5) is 0 Å². The summed E-state index contributed by atoms with van der Waals surface area (Å²) >= 11 is 1.83. The molecule has 3 heteroatoms. The minimum absolute atomic E-state index is 0.900. The van der Waals surface area contributed by atoms with E-state index in [0.29, 0.717) is 0 Å². The van der Waals surface area contributed by atoms with Crippen molar-refractivity contribution in [3.05, 3.63) is 53.6 Å². The summed E-state index contributed by atoms with van der Waals surface area (Å²) in [6.07, 6.45) is 3.13. The van der Waals surface area contributed by atoms with Crippen molar-refractivity contribution >= 4 is 22.5 Å². The Labute approximate surface area is 140 Å². The first-order valence-electron chi connectivity index (χ1n) is 7.60. The maximum atomic E-state index is 5.39. The fourth-order valence-electron chi connectivity index (χ4n) is 3.47. The van der Waals surface area contributed by atoms with Crippen LogP contribution in [0.25, 0.3) is 21.9 Å². The van der Waals surface area contributed by atoms with Crippen LogP contribution in [-0.4, -0.2) is 20.5 Å². The number of fused-ring (bicyclic) bond motifs is 4. The van der Waals surface area contributed by atoms with Gasteiger partial charge in [-0.25, -0.2) is 0 Å². The van der Waals surface area contributed by atoms with Gasteiger partial charge in [0, 0.05) is 4.90 Å². The molecule has 0 amide bonds. The van der Waals surface area contributed by atoms with Crippen LogP contribution in [0.5, 0.6) is 11.5 Å². The monoisotopic (exact) mass is 322 g/mol. The fourth-order valence-corrected chi connectivity index (χ4v) is 4.30. The second-order valence-corrected chi connectivity index (χ2v) is 6.54. The van der Waals surface area contributed by atoms with Gasteiger partial charge in [-0.15, -0.1) is 11.8 Å². The quantitative estimate of drug-likeness (QED) is 0.486. The summed E-state index contributed by atoms with van der Waals surface area (Å²) in [6, 6.07) is 15.0. The third kappa shape index (κ3) is 2.19. The van der Waals surface area contributed by atoms with Crippen molar-refractivity contribution in [2.75, 3.05) is 20.5 Å². The number of benzene rings is 3. The number of hydrogen-bond acceptors (Lipinski definition) is 3. The van der Waals surface area contributed by atoms with Gasteiger partial charge in [0.2, 0.25) is 0 Å². The van der Waals surface area contributed by atoms with Gasteiger partial charge in [-0.3, -0.25) is 0 Å². The molecule has 0 saturated carbocycles. The third-order valence-corrected chi connectivity index (χ3v) is 5.45. The van der Waals surface area contributed by atoms with E-state index < -0.39 is 0 Å². The highest BCUT2D eigenvalue weighted by atomic mass is 32.2. The lowest BCUT2D eigenvalue weighted by Crippen LogP contribution is -1.89. The lowest BCUT2D eigenvalue weighted by atomic mass is 10.00. The molecule has 0 aliphatic heterocycles. The smallest absolute Gasteiger partial charge is 0.119 e. The van der Waals surface area contributed by atoms with E-state index in [2.05, 4.69) is 36.6 Å². The van der Waals surface area contributed by atoms with Crippen LogP contribution < -0.4 is 9.47 Å². The Bertz CT molecular complexity index is 915. The van der Waals surface area contributed by atoms with Crippen LogP contribution >= 0.6 is 11.8 Å². The van der Waals surface area contributed by atoms with Crippen molar-refractivity contribution in [2.45, 2.75) is 11.3 Å². The Morgan fingerprint density at radius 2 is 1.61 bits per heavy atom. The largest absolute Gasteiger partial charge is 0.497 e. The Kier molecular flexibility index (Phi) is 3.46. The molecule has 3 aromatic rings. The topological polar surface area (TPSA) is 18.5 Å². The number of methoxy groups -OCH3 is 2. The summed E-state index contributed by atoms with van der Waals surface area (Å²) in [5.41, 5.74) is 5.43. The average Bonchev–Trinajstić information content (AvgIpc) is 2.96. The molecule has 0 fully saturated rings. The van der Waals surface area contributed by atoms with E-state index in [1.165, 1.54) is 37.9 Å². The van der Waals surface area contributed by atoms with Crippen molar-refractivity contribution in [3.63, 3.8) is 0 Å². The molecule has 0 N–H and O–H groups in total. The van der Waals surface area contributed by atoms with E-state index >= 15 is 0 Å². The summed E-state index contributed by atoms with van der Waals surface area (Å²) in [5, 5.41) is 2.54. The van der Waals surface area contributed by atoms with Crippen molar-refractivity contribution in [2.24, 2.45) is 0 Å². The number of hydrogen-bond donors (Lipinski definition) is 0. The first kappa shape index (κ1) is 14.5. The van der Waals surface area contributed by atoms with Crippen molar-refractivity contribution in [1.82, 2.24) is 0 Å². The van der Waals surface area contributed by atoms with Crippen LogP contribution in [0.3, 0.4) is 0 Å². The maximum Gasteiger partial charge on any atom is 0.119 e. The molecule has 2 nitrogen and oxygen atoms in total. The predicted molar refractivity (Wildman–Crippen MR) is 97.1 cm³/mol. The van der Waals surface area contributed by atoms with Gasteiger partial charge in [-0.2, -0.15) is 0 Å². The van der Waals surface area contributed by atoms with Gasteiger partial charge in [0.1, 0.15) is 11.5 Å². The first-order valence-corrected chi connectivity index (χ1v) is 8.82. The maximum absolute atomic E-state index is 5.39. The molecular weight excluding hydrogens is 304 g/mol. The Hall–Kier alpha value is -2.13. The van der Waals surface area contributed by atoms with Gasteiger partial charge in [0.15, 0.2) is 0 Å². The number of rotatable bonds is 3. The molecule has 0 atom stereocenters. The fraction of sp³-hybridized carbons (Fsp3) is 0.200. The molecule has 0 saturated heterocycles. The van der Waals surface area contributed by atoms with E-state index in [1.807, 2.05) is 23.9 Å². The molecular formula is C20H18O2S. The summed E-state index contributed by atoms with van der Waals surface area (Å²) in [7, 11) is 3.43. The summed E-state index contributed by atoms with van der Waals surface area (Å²) in [4.78, 5) is 1.37. The molecule has 23 heavy (non-hydrogen) atoms. The van der Waals surface area contributed by atoms with Gasteiger partial charge in [0.25, 0.3) is 0 Å². The molecule has 4 rings (SSSR count). The van der Waals surface area contributed by atoms with Crippen molar-refractivity contribution in [3.8, 4) is 22.6 Å². The highest BCUT2D eigenvalue weighted by molar-refractivity contribution is 7.98. The normalized spacial score (nSPS) is 12.1. The van der Waals surface area contributed by atoms with E-state index in [4.69, 9.17) is 9.47 Å². The zero-order valence-corrected chi connectivity index (χ0v) is 14.3. The van der Waals surface area contributed by atoms with E-state index in [0.717, 1.165) is 17.9 Å². The Morgan fingerprint density at radius 3 is 2.35 bits per heavy atom. The highest BCUT2D eigenvalue weighted by Crippen LogP contribution is 2.45. The zero-order valence-electron chi connectivity index (χ0n) is 13.5. The van der Waals surface area contributed by atoms with Crippen molar-refractivity contribution < 1.29 is 9.47 Å². The second-order valence-electron chi connectivity index (χ2n) is 5.72. The standard InChI is InChI=1S/C20H18O2S/c1-21-14-4-6-16-12(8-14)11-19-18(16)10-13-9-15(22-2)5-7-17(13)20(19)23-3/h4-10H,11H2,1-3H3. The van der Waals surface area contributed by atoms with E-state index in [1.54, 1.807) is 14.2 Å². The first-order chi connectivity index (χ1) is 11.2. The van der Waals surface area contributed by atoms with Crippen molar-refractivity contribution in [1.29, 1.82) is 0 Å². The van der Waals surface area contributed by atoms with Crippen LogP contribution in [0, 0.1) is 0 Å². The SMILES string of the molecule is COc1ccc2c(c1)Cc1c-2cc2cc(OC)ccc2c1SC. The Morgan fingerprint density at radius 1 is 0.870 bits per heavy atom. The molecule has 116 valence electrons. The zero-order chi connectivity index (χ0) is 16.0. The summed E-state index contributed by atoms with van der Waals surface area (Å²) in [5.74, 6) is 1.82. The Balaban J connectivity index is 1.99. The third-order valence-electron chi connectivity index (χ3n) is 4.58. The molecule has 0 aromatic heterocycles. The molecule has 3 aromatic carbocycles. The lowest BCUT2D eigenvalue weighted by Gasteiger charge is -2.12. The van der Waals surface area contributed by atoms with E-state index in [9.17, 15) is 0 Å². The molecule has 1 aliphatic carbocycles. The molecule has 0 unspecified atom stereocenters. The molecule has 0 radical (unpaired) electrons. The molecule has 1 aliphatic rings. The lowest BCUT2D eigenvalue weighted by molar-refractivity contribution is 0.414. The highest BCUT2D eigenvalue weighted by Gasteiger charge is 2.23. The second kappa shape index (κ2) is 5.50. The van der Waals surface area contributed by atoms with Crippen LogP contribution in [0.15, 0.2) is 47.4 Å². The van der Waals surface area contributed by atoms with E-state index in [-0.39, 0.29) is 0 Å². The molecule has 0 bridgehead atoms. The van der Waals surface area contributed by atoms with Crippen LogP contribution in [-0.2, 0) is 6.42 Å². The predicted octanol–water partition coefficient (Wildman–Crippen LogP) is 5.15. The number of thioether (sulfide) groups is 1. The van der Waals surface area contributed by atoms with Gasteiger partial charge in [-0.1, -0.05) is 6.07 Å². The van der Waals surface area contributed by atoms with Crippen LogP contribution in [0.2, 0.25) is 0 Å². The van der Waals surface area contributed by atoms with Crippen LogP contribution in [0.1, 0.15) is 11.1 Å². The average molecular weight is 322 g/mol.